The SMILES string of the molecule is COc1cc(NC(=O)NC[C@H]2O[C@@H](CO)[C@@H](O)[C@H]2N(C)CCN(C)C)cc(OC)c1.Cl.Cl. The summed E-state index contributed by atoms with van der Waals surface area (Å²) in [5.41, 5.74) is 0.518. The van der Waals surface area contributed by atoms with E-state index in [9.17, 15) is 15.0 Å². The number of carbonyl (C=O) groups excluding carboxylic acids is 1. The quantitative estimate of drug-likeness (QED) is 0.371. The maximum atomic E-state index is 12.4. The average molecular weight is 499 g/mol. The highest BCUT2D eigenvalue weighted by molar-refractivity contribution is 5.89. The van der Waals surface area contributed by atoms with E-state index in [0.29, 0.717) is 23.7 Å². The van der Waals surface area contributed by atoms with Crippen molar-refractivity contribution in [1.29, 1.82) is 0 Å². The Morgan fingerprint density at radius 1 is 1.06 bits per heavy atom. The van der Waals surface area contributed by atoms with Crippen LogP contribution in [0.4, 0.5) is 10.5 Å². The van der Waals surface area contributed by atoms with Crippen LogP contribution < -0.4 is 20.1 Å². The standard InChI is InChI=1S/C20H34N4O6.2ClH/c1-23(2)6-7-24(3)18-16(30-17(12-25)19(18)26)11-21-20(27)22-13-8-14(28-4)10-15(9-13)29-5;;/h8-10,16-19,25-26H,6-7,11-12H2,1-5H3,(H2,21,22,27);2*1H/t16-,17+,18+,19-;;/m1../s1. The maximum absolute atomic E-state index is 12.4. The zero-order valence-corrected chi connectivity index (χ0v) is 20.7. The molecule has 0 unspecified atom stereocenters. The first kappa shape index (κ1) is 30.5. The van der Waals surface area contributed by atoms with E-state index in [2.05, 4.69) is 10.6 Å². The molecule has 4 N–H and O–H groups in total. The van der Waals surface area contributed by atoms with Gasteiger partial charge in [0.1, 0.15) is 23.7 Å². The molecule has 0 aromatic heterocycles. The molecule has 1 aliphatic rings. The van der Waals surface area contributed by atoms with Gasteiger partial charge in [0.2, 0.25) is 0 Å². The van der Waals surface area contributed by atoms with Gasteiger partial charge in [-0.2, -0.15) is 0 Å². The van der Waals surface area contributed by atoms with Crippen LogP contribution in [0.3, 0.4) is 0 Å². The van der Waals surface area contributed by atoms with E-state index < -0.39 is 24.3 Å². The number of carbonyl (C=O) groups is 1. The van der Waals surface area contributed by atoms with Gasteiger partial charge in [0.25, 0.3) is 0 Å². The van der Waals surface area contributed by atoms with Crippen LogP contribution in [0.5, 0.6) is 11.5 Å². The number of halogens is 2. The van der Waals surface area contributed by atoms with Gasteiger partial charge in [-0.1, -0.05) is 0 Å². The Balaban J connectivity index is 0.00000480. The number of nitrogens with one attached hydrogen (secondary N) is 2. The number of hydrogen-bond acceptors (Lipinski definition) is 8. The topological polar surface area (TPSA) is 116 Å². The molecule has 186 valence electrons. The molecule has 2 amide bonds. The maximum Gasteiger partial charge on any atom is 0.319 e. The highest BCUT2D eigenvalue weighted by atomic mass is 35.5. The van der Waals surface area contributed by atoms with Gasteiger partial charge in [-0.05, 0) is 21.1 Å². The number of hydrogen-bond donors (Lipinski definition) is 4. The Labute approximate surface area is 202 Å². The van der Waals surface area contributed by atoms with Crippen LogP contribution in [0.15, 0.2) is 18.2 Å². The Bertz CT molecular complexity index is 678. The predicted molar refractivity (Wildman–Crippen MR) is 128 cm³/mol. The molecule has 1 fully saturated rings. The highest BCUT2D eigenvalue weighted by Gasteiger charge is 2.45. The molecular formula is C20H36Cl2N4O6. The second-order valence-electron chi connectivity index (χ2n) is 7.60. The average Bonchev–Trinajstić information content (AvgIpc) is 3.05. The minimum atomic E-state index is -0.848. The minimum absolute atomic E-state index is 0. The number of likely N-dealkylation sites (N-methyl/N-ethyl adjacent to an activating group) is 2. The third-order valence-electron chi connectivity index (χ3n) is 5.12. The first-order valence-corrected chi connectivity index (χ1v) is 9.86. The van der Waals surface area contributed by atoms with Crippen molar-refractivity contribution < 1.29 is 29.2 Å². The van der Waals surface area contributed by atoms with E-state index in [1.54, 1.807) is 18.2 Å². The first-order valence-electron chi connectivity index (χ1n) is 9.86. The van der Waals surface area contributed by atoms with E-state index in [-0.39, 0.29) is 44.0 Å². The molecule has 2 rings (SSSR count). The molecule has 0 saturated carbocycles. The molecule has 4 atom stereocenters. The number of ether oxygens (including phenoxy) is 3. The lowest BCUT2D eigenvalue weighted by Gasteiger charge is -2.31. The molecule has 1 heterocycles. The fourth-order valence-corrected chi connectivity index (χ4v) is 3.44. The predicted octanol–water partition coefficient (Wildman–Crippen LogP) is 0.652. The van der Waals surface area contributed by atoms with Crippen LogP contribution in [-0.4, -0.2) is 112 Å². The van der Waals surface area contributed by atoms with Gasteiger partial charge in [0.05, 0.1) is 33.0 Å². The van der Waals surface area contributed by atoms with Crippen molar-refractivity contribution in [2.45, 2.75) is 24.4 Å². The summed E-state index contributed by atoms with van der Waals surface area (Å²) in [6, 6.07) is 4.29. The second-order valence-corrected chi connectivity index (χ2v) is 7.60. The lowest BCUT2D eigenvalue weighted by molar-refractivity contribution is -0.0205. The Morgan fingerprint density at radius 3 is 2.16 bits per heavy atom. The van der Waals surface area contributed by atoms with Crippen molar-refractivity contribution in [3.05, 3.63) is 18.2 Å². The summed E-state index contributed by atoms with van der Waals surface area (Å²) in [6.07, 6.45) is -2.00. The van der Waals surface area contributed by atoms with Gasteiger partial charge in [0, 0.05) is 43.5 Å². The van der Waals surface area contributed by atoms with Crippen LogP contribution in [0, 0.1) is 0 Å². The van der Waals surface area contributed by atoms with E-state index in [4.69, 9.17) is 14.2 Å². The van der Waals surface area contributed by atoms with Gasteiger partial charge in [-0.3, -0.25) is 4.90 Å². The number of aliphatic hydroxyl groups excluding tert-OH is 2. The molecule has 1 aromatic carbocycles. The van der Waals surface area contributed by atoms with Crippen molar-refractivity contribution in [3.8, 4) is 11.5 Å². The Kier molecular flexibility index (Phi) is 13.9. The van der Waals surface area contributed by atoms with Crippen molar-refractivity contribution in [2.24, 2.45) is 0 Å². The summed E-state index contributed by atoms with van der Waals surface area (Å²) in [4.78, 5) is 16.4. The molecule has 32 heavy (non-hydrogen) atoms. The fraction of sp³-hybridized carbons (Fsp3) is 0.650. The van der Waals surface area contributed by atoms with Gasteiger partial charge >= 0.3 is 6.03 Å². The molecule has 10 nitrogen and oxygen atoms in total. The summed E-state index contributed by atoms with van der Waals surface area (Å²) < 4.78 is 16.2. The number of rotatable bonds is 10. The summed E-state index contributed by atoms with van der Waals surface area (Å²) >= 11 is 0. The number of amides is 2. The minimum Gasteiger partial charge on any atom is -0.497 e. The number of aliphatic hydroxyl groups is 2. The molecule has 1 aliphatic heterocycles. The molecule has 0 aliphatic carbocycles. The monoisotopic (exact) mass is 498 g/mol. The van der Waals surface area contributed by atoms with E-state index >= 15 is 0 Å². The summed E-state index contributed by atoms with van der Waals surface area (Å²) in [6.45, 7) is 1.41. The zero-order valence-electron chi connectivity index (χ0n) is 19.1. The number of nitrogens with zero attached hydrogens (tertiary/aromatic N) is 2. The molecule has 1 aromatic rings. The molecule has 0 spiro atoms. The summed E-state index contributed by atoms with van der Waals surface area (Å²) in [7, 11) is 8.92. The van der Waals surface area contributed by atoms with Crippen LogP contribution in [0.1, 0.15) is 0 Å². The second kappa shape index (κ2) is 14.6. The normalized spacial score (nSPS) is 22.2. The van der Waals surface area contributed by atoms with Crippen LogP contribution in [0.25, 0.3) is 0 Å². The first-order chi connectivity index (χ1) is 14.3. The van der Waals surface area contributed by atoms with E-state index in [1.165, 1.54) is 14.2 Å². The largest absolute Gasteiger partial charge is 0.497 e. The van der Waals surface area contributed by atoms with E-state index in [1.807, 2.05) is 30.9 Å². The molecule has 0 bridgehead atoms. The van der Waals surface area contributed by atoms with Crippen LogP contribution in [-0.2, 0) is 4.74 Å². The van der Waals surface area contributed by atoms with Crippen molar-refractivity contribution in [2.75, 3.05) is 66.9 Å². The lowest BCUT2D eigenvalue weighted by atomic mass is 10.0. The number of anilines is 1. The molecule has 1 saturated heterocycles. The smallest absolute Gasteiger partial charge is 0.319 e. The zero-order chi connectivity index (χ0) is 22.3. The van der Waals surface area contributed by atoms with Crippen LogP contribution in [0.2, 0.25) is 0 Å². The van der Waals surface area contributed by atoms with Gasteiger partial charge in [-0.25, -0.2) is 4.79 Å². The third kappa shape index (κ3) is 8.43. The fourth-order valence-electron chi connectivity index (χ4n) is 3.44. The molecule has 0 radical (unpaired) electrons. The highest BCUT2D eigenvalue weighted by Crippen LogP contribution is 2.26. The summed E-state index contributed by atoms with van der Waals surface area (Å²) in [5.74, 6) is 1.11. The van der Waals surface area contributed by atoms with Crippen molar-refractivity contribution >= 4 is 36.5 Å². The van der Waals surface area contributed by atoms with Gasteiger partial charge in [0.15, 0.2) is 0 Å². The number of urea groups is 1. The molecule has 12 heteroatoms. The van der Waals surface area contributed by atoms with Crippen molar-refractivity contribution in [3.63, 3.8) is 0 Å². The van der Waals surface area contributed by atoms with Gasteiger partial charge in [-0.15, -0.1) is 24.8 Å². The number of benzene rings is 1. The summed E-state index contributed by atoms with van der Waals surface area (Å²) in [5, 5.41) is 25.6. The number of methoxy groups -OCH3 is 2. The van der Waals surface area contributed by atoms with Crippen molar-refractivity contribution in [1.82, 2.24) is 15.1 Å². The lowest BCUT2D eigenvalue weighted by Crippen LogP contribution is -2.51. The van der Waals surface area contributed by atoms with E-state index in [0.717, 1.165) is 6.54 Å². The third-order valence-corrected chi connectivity index (χ3v) is 5.12. The molecular weight excluding hydrogens is 463 g/mol. The Hall–Kier alpha value is -1.53. The Morgan fingerprint density at radius 2 is 1.66 bits per heavy atom. The van der Waals surface area contributed by atoms with Gasteiger partial charge < -0.3 is 40.0 Å². The van der Waals surface area contributed by atoms with Crippen LogP contribution >= 0.6 is 24.8 Å².